The molecule has 0 saturated carbocycles. The Morgan fingerprint density at radius 2 is 1.88 bits per heavy atom. The number of rotatable bonds is 5. The first-order valence-corrected chi connectivity index (χ1v) is 7.81. The predicted molar refractivity (Wildman–Crippen MR) is 92.6 cm³/mol. The average Bonchev–Trinajstić information content (AvgIpc) is 3.01. The Morgan fingerprint density at radius 1 is 1.19 bits per heavy atom. The largest absolute Gasteiger partial charge is 0.619 e. The summed E-state index contributed by atoms with van der Waals surface area (Å²) in [6, 6.07) is 13.7. The molecule has 0 aliphatic heterocycles. The van der Waals surface area contributed by atoms with E-state index in [-0.39, 0.29) is 5.56 Å². The maximum Gasteiger partial charge on any atom is 0.339 e. The molecule has 1 aromatic carbocycles. The first-order chi connectivity index (χ1) is 12.5. The number of anilines is 1. The summed E-state index contributed by atoms with van der Waals surface area (Å²) in [4.78, 5) is 24.0. The Hall–Kier alpha value is -3.68. The summed E-state index contributed by atoms with van der Waals surface area (Å²) in [5.74, 6) is -0.708. The van der Waals surface area contributed by atoms with Gasteiger partial charge in [0.15, 0.2) is 19.0 Å². The predicted octanol–water partition coefficient (Wildman–Crippen LogP) is 1.61. The van der Waals surface area contributed by atoms with Crippen LogP contribution in [0.5, 0.6) is 0 Å². The van der Waals surface area contributed by atoms with Crippen molar-refractivity contribution in [3.63, 3.8) is 0 Å². The van der Waals surface area contributed by atoms with Gasteiger partial charge in [-0.15, -0.1) is 0 Å². The fraction of sp³-hybridized carbons (Fsp3) is 0.111. The number of aryl methyl sites for hydroxylation is 1. The van der Waals surface area contributed by atoms with Crippen molar-refractivity contribution in [1.82, 2.24) is 9.78 Å². The number of aromatic nitrogens is 3. The maximum absolute atomic E-state index is 12.1. The van der Waals surface area contributed by atoms with E-state index in [1.165, 1.54) is 24.5 Å². The van der Waals surface area contributed by atoms with E-state index in [2.05, 4.69) is 10.4 Å². The van der Waals surface area contributed by atoms with Gasteiger partial charge < -0.3 is 15.3 Å². The highest BCUT2D eigenvalue weighted by atomic mass is 16.5. The molecule has 0 bridgehead atoms. The molecule has 26 heavy (non-hydrogen) atoms. The van der Waals surface area contributed by atoms with E-state index in [0.717, 1.165) is 11.4 Å². The van der Waals surface area contributed by atoms with Gasteiger partial charge in [0.05, 0.1) is 16.9 Å². The van der Waals surface area contributed by atoms with Gasteiger partial charge in [-0.3, -0.25) is 4.79 Å². The summed E-state index contributed by atoms with van der Waals surface area (Å²) in [5, 5.41) is 18.0. The number of hydrogen-bond acceptors (Lipinski definition) is 5. The number of para-hydroxylation sites is 1. The van der Waals surface area contributed by atoms with Gasteiger partial charge in [-0.1, -0.05) is 18.2 Å². The fourth-order valence-electron chi connectivity index (χ4n) is 2.30. The molecule has 0 spiro atoms. The van der Waals surface area contributed by atoms with Crippen LogP contribution in [0.3, 0.4) is 0 Å². The minimum Gasteiger partial charge on any atom is -0.619 e. The average molecular weight is 352 g/mol. The van der Waals surface area contributed by atoms with Crippen LogP contribution in [-0.4, -0.2) is 28.3 Å². The van der Waals surface area contributed by atoms with Crippen LogP contribution in [0.2, 0.25) is 0 Å². The monoisotopic (exact) mass is 352 g/mol. The number of hydrogen-bond donors (Lipinski definition) is 1. The molecular weight excluding hydrogens is 336 g/mol. The smallest absolute Gasteiger partial charge is 0.339 e. The SMILES string of the molecule is Cc1cc(NC(=O)COC(=O)c2cc[n+]([O-])cc2)n(-c2ccccc2)n1. The Kier molecular flexibility index (Phi) is 4.93. The molecule has 0 saturated heterocycles. The molecule has 0 fully saturated rings. The van der Waals surface area contributed by atoms with E-state index in [0.29, 0.717) is 10.5 Å². The third-order valence-electron chi connectivity index (χ3n) is 3.47. The van der Waals surface area contributed by atoms with Gasteiger partial charge in [-0.05, 0) is 19.1 Å². The Morgan fingerprint density at radius 3 is 2.58 bits per heavy atom. The third kappa shape index (κ3) is 4.04. The van der Waals surface area contributed by atoms with Crippen LogP contribution < -0.4 is 10.0 Å². The topological polar surface area (TPSA) is 100 Å². The van der Waals surface area contributed by atoms with Crippen molar-refractivity contribution in [3.05, 3.63) is 77.4 Å². The number of carbonyl (C=O) groups excluding carboxylic acids is 2. The minimum atomic E-state index is -0.687. The molecule has 0 atom stereocenters. The van der Waals surface area contributed by atoms with Crippen LogP contribution in [0.15, 0.2) is 60.9 Å². The summed E-state index contributed by atoms with van der Waals surface area (Å²) in [5.41, 5.74) is 1.72. The normalized spacial score (nSPS) is 10.3. The van der Waals surface area contributed by atoms with Crippen LogP contribution in [0.1, 0.15) is 16.1 Å². The lowest BCUT2D eigenvalue weighted by molar-refractivity contribution is -0.605. The lowest BCUT2D eigenvalue weighted by Gasteiger charge is -2.09. The van der Waals surface area contributed by atoms with Crippen LogP contribution in [0.25, 0.3) is 5.69 Å². The molecule has 3 aromatic rings. The lowest BCUT2D eigenvalue weighted by Crippen LogP contribution is -2.25. The van der Waals surface area contributed by atoms with Crippen molar-refractivity contribution < 1.29 is 19.1 Å². The van der Waals surface area contributed by atoms with Crippen molar-refractivity contribution in [2.75, 3.05) is 11.9 Å². The molecule has 0 radical (unpaired) electrons. The number of nitrogens with one attached hydrogen (secondary N) is 1. The standard InChI is InChI=1S/C18H16N4O4/c1-13-11-16(22(20-13)15-5-3-2-4-6-15)19-17(23)12-26-18(24)14-7-9-21(25)10-8-14/h2-11H,12H2,1H3,(H,19,23). The van der Waals surface area contributed by atoms with E-state index >= 15 is 0 Å². The van der Waals surface area contributed by atoms with Gasteiger partial charge in [-0.25, -0.2) is 9.48 Å². The van der Waals surface area contributed by atoms with Crippen molar-refractivity contribution >= 4 is 17.7 Å². The summed E-state index contributed by atoms with van der Waals surface area (Å²) in [6.45, 7) is 1.36. The summed E-state index contributed by atoms with van der Waals surface area (Å²) < 4.78 is 7.11. The Balaban J connectivity index is 1.64. The van der Waals surface area contributed by atoms with Crippen molar-refractivity contribution in [3.8, 4) is 5.69 Å². The Labute approximate surface area is 149 Å². The van der Waals surface area contributed by atoms with Gasteiger partial charge in [0.2, 0.25) is 0 Å². The molecule has 2 heterocycles. The number of benzene rings is 1. The summed E-state index contributed by atoms with van der Waals surface area (Å²) >= 11 is 0. The molecule has 0 unspecified atom stereocenters. The fourth-order valence-corrected chi connectivity index (χ4v) is 2.30. The molecule has 3 rings (SSSR count). The first-order valence-electron chi connectivity index (χ1n) is 7.81. The van der Waals surface area contributed by atoms with Gasteiger partial charge >= 0.3 is 5.97 Å². The zero-order chi connectivity index (χ0) is 18.5. The third-order valence-corrected chi connectivity index (χ3v) is 3.47. The number of nitrogens with zero attached hydrogens (tertiary/aromatic N) is 3. The second-order valence-electron chi connectivity index (χ2n) is 5.49. The molecule has 1 N–H and O–H groups in total. The highest BCUT2D eigenvalue weighted by Crippen LogP contribution is 2.16. The summed E-state index contributed by atoms with van der Waals surface area (Å²) in [7, 11) is 0. The minimum absolute atomic E-state index is 0.190. The van der Waals surface area contributed by atoms with Crippen molar-refractivity contribution in [2.24, 2.45) is 0 Å². The zero-order valence-corrected chi connectivity index (χ0v) is 14.0. The quantitative estimate of drug-likeness (QED) is 0.427. The van der Waals surface area contributed by atoms with E-state index in [1.54, 1.807) is 10.7 Å². The second-order valence-corrected chi connectivity index (χ2v) is 5.49. The first kappa shape index (κ1) is 17.2. The highest BCUT2D eigenvalue weighted by molar-refractivity contribution is 5.95. The number of pyridine rings is 1. The zero-order valence-electron chi connectivity index (χ0n) is 14.0. The van der Waals surface area contributed by atoms with Crippen LogP contribution in [0, 0.1) is 12.1 Å². The molecule has 1 amide bonds. The second kappa shape index (κ2) is 7.47. The summed E-state index contributed by atoms with van der Waals surface area (Å²) in [6.07, 6.45) is 2.36. The van der Waals surface area contributed by atoms with Crippen LogP contribution >= 0.6 is 0 Å². The number of carbonyl (C=O) groups is 2. The molecule has 8 nitrogen and oxygen atoms in total. The molecular formula is C18H16N4O4. The van der Waals surface area contributed by atoms with Crippen molar-refractivity contribution in [2.45, 2.75) is 6.92 Å². The van der Waals surface area contributed by atoms with Gasteiger partial charge in [0, 0.05) is 18.2 Å². The van der Waals surface area contributed by atoms with Gasteiger partial charge in [-0.2, -0.15) is 9.83 Å². The van der Waals surface area contributed by atoms with Crippen LogP contribution in [0.4, 0.5) is 5.82 Å². The number of amides is 1. The molecule has 2 aromatic heterocycles. The van der Waals surface area contributed by atoms with Gasteiger partial charge in [0.1, 0.15) is 5.82 Å². The molecule has 132 valence electrons. The number of esters is 1. The molecule has 8 heteroatoms. The molecule has 0 aliphatic carbocycles. The Bertz CT molecular complexity index is 920. The van der Waals surface area contributed by atoms with E-state index in [9.17, 15) is 14.8 Å². The van der Waals surface area contributed by atoms with Gasteiger partial charge in [0.25, 0.3) is 5.91 Å². The van der Waals surface area contributed by atoms with E-state index in [1.807, 2.05) is 37.3 Å². The number of ether oxygens (including phenoxy) is 1. The van der Waals surface area contributed by atoms with Crippen LogP contribution in [-0.2, 0) is 9.53 Å². The van der Waals surface area contributed by atoms with E-state index < -0.39 is 18.5 Å². The van der Waals surface area contributed by atoms with Crippen molar-refractivity contribution in [1.29, 1.82) is 0 Å². The lowest BCUT2D eigenvalue weighted by atomic mass is 10.3. The maximum atomic E-state index is 12.1. The molecule has 0 aliphatic rings. The van der Waals surface area contributed by atoms with E-state index in [4.69, 9.17) is 4.74 Å². The highest BCUT2D eigenvalue weighted by Gasteiger charge is 2.14.